The molecule has 0 saturated heterocycles. The monoisotopic (exact) mass is 543 g/mol. The summed E-state index contributed by atoms with van der Waals surface area (Å²) in [4.78, 5) is 46.7. The maximum absolute atomic E-state index is 13.0. The van der Waals surface area contributed by atoms with Crippen LogP contribution in [0.3, 0.4) is 0 Å². The van der Waals surface area contributed by atoms with Crippen LogP contribution in [0.15, 0.2) is 59.5 Å². The predicted molar refractivity (Wildman–Crippen MR) is 153 cm³/mol. The van der Waals surface area contributed by atoms with Gasteiger partial charge in [0.25, 0.3) is 5.89 Å². The summed E-state index contributed by atoms with van der Waals surface area (Å²) >= 11 is 0. The molecule has 8 nitrogen and oxygen atoms in total. The molecule has 3 aromatic rings. The van der Waals surface area contributed by atoms with Crippen molar-refractivity contribution >= 4 is 23.7 Å². The second-order valence-electron chi connectivity index (χ2n) is 11.0. The molecule has 2 aromatic heterocycles. The summed E-state index contributed by atoms with van der Waals surface area (Å²) in [5.74, 6) is 0.654. The van der Waals surface area contributed by atoms with E-state index >= 15 is 0 Å². The molecular weight excluding hydrogens is 506 g/mol. The molecule has 1 aliphatic rings. The summed E-state index contributed by atoms with van der Waals surface area (Å²) in [5, 5.41) is 0. The quantitative estimate of drug-likeness (QED) is 0.182. The van der Waals surface area contributed by atoms with E-state index in [4.69, 9.17) is 14.1 Å². The van der Waals surface area contributed by atoms with Crippen molar-refractivity contribution in [2.45, 2.75) is 78.2 Å². The number of ketones is 2. The number of benzene rings is 1. The highest BCUT2D eigenvalue weighted by Crippen LogP contribution is 2.30. The van der Waals surface area contributed by atoms with Gasteiger partial charge in [-0.15, -0.1) is 0 Å². The number of nitrogens with zero attached hydrogens (tertiary/aromatic N) is 3. The smallest absolute Gasteiger partial charge is 0.420 e. The number of unbranched alkanes of at least 4 members (excludes halogenated alkanes) is 1. The van der Waals surface area contributed by atoms with E-state index in [0.717, 1.165) is 36.0 Å². The zero-order chi connectivity index (χ0) is 28.7. The Morgan fingerprint density at radius 2 is 1.98 bits per heavy atom. The van der Waals surface area contributed by atoms with Crippen LogP contribution in [0, 0.1) is 5.92 Å². The number of aryl methyl sites for hydroxylation is 1. The van der Waals surface area contributed by atoms with Gasteiger partial charge >= 0.3 is 6.09 Å². The Morgan fingerprint density at radius 1 is 1.18 bits per heavy atom. The first-order valence-corrected chi connectivity index (χ1v) is 13.9. The number of ether oxygens (including phenoxy) is 1. The van der Waals surface area contributed by atoms with Crippen LogP contribution in [0.4, 0.5) is 4.79 Å². The highest BCUT2D eigenvalue weighted by molar-refractivity contribution is 6.05. The molecule has 2 heterocycles. The van der Waals surface area contributed by atoms with Crippen LogP contribution >= 0.6 is 0 Å². The molecule has 1 unspecified atom stereocenters. The third-order valence-electron chi connectivity index (χ3n) is 6.61. The van der Waals surface area contributed by atoms with Gasteiger partial charge in [0.05, 0.1) is 11.9 Å². The van der Waals surface area contributed by atoms with Crippen molar-refractivity contribution in [1.29, 1.82) is 0 Å². The van der Waals surface area contributed by atoms with Crippen molar-refractivity contribution in [3.63, 3.8) is 0 Å². The third kappa shape index (κ3) is 7.31. The van der Waals surface area contributed by atoms with Crippen LogP contribution in [-0.4, -0.2) is 37.8 Å². The lowest BCUT2D eigenvalue weighted by atomic mass is 9.84. The second kappa shape index (κ2) is 12.9. The van der Waals surface area contributed by atoms with Gasteiger partial charge in [0.1, 0.15) is 17.7 Å². The van der Waals surface area contributed by atoms with Crippen molar-refractivity contribution in [2.24, 2.45) is 5.92 Å². The maximum Gasteiger partial charge on any atom is 0.420 e. The van der Waals surface area contributed by atoms with Crippen LogP contribution in [0.25, 0.3) is 17.3 Å². The fourth-order valence-electron chi connectivity index (χ4n) is 4.58. The Labute approximate surface area is 235 Å². The molecule has 40 heavy (non-hydrogen) atoms. The molecule has 8 heteroatoms. The van der Waals surface area contributed by atoms with E-state index in [1.54, 1.807) is 6.20 Å². The minimum absolute atomic E-state index is 0.0655. The fourth-order valence-corrected chi connectivity index (χ4v) is 4.58. The van der Waals surface area contributed by atoms with Gasteiger partial charge in [0, 0.05) is 36.1 Å². The number of carbonyl (C=O) groups is 3. The SMILES string of the molecule is CCCCC1C=Cc2cc(-c3cn(C(=O)OC(C)(C)C)c(CC/C=C/CCC(=O)c4ncco4)n3)ccc2C1=O. The Morgan fingerprint density at radius 3 is 2.70 bits per heavy atom. The molecule has 0 saturated carbocycles. The van der Waals surface area contributed by atoms with E-state index in [1.165, 1.54) is 17.0 Å². The van der Waals surface area contributed by atoms with Crippen LogP contribution in [0.1, 0.15) is 98.7 Å². The zero-order valence-electron chi connectivity index (χ0n) is 23.7. The number of hydrogen-bond acceptors (Lipinski definition) is 7. The molecule has 1 atom stereocenters. The van der Waals surface area contributed by atoms with Gasteiger partial charge in [0.15, 0.2) is 5.78 Å². The predicted octanol–water partition coefficient (Wildman–Crippen LogP) is 7.49. The van der Waals surface area contributed by atoms with Gasteiger partial charge in [-0.3, -0.25) is 9.59 Å². The number of carbonyl (C=O) groups excluding carboxylic acids is 3. The maximum atomic E-state index is 13.0. The molecule has 0 radical (unpaired) electrons. The highest BCUT2D eigenvalue weighted by Gasteiger charge is 2.25. The lowest BCUT2D eigenvalue weighted by Gasteiger charge is -2.20. The number of imidazole rings is 1. The van der Waals surface area contributed by atoms with Gasteiger partial charge < -0.3 is 9.15 Å². The summed E-state index contributed by atoms with van der Waals surface area (Å²) in [6, 6.07) is 5.71. The first kappa shape index (κ1) is 28.9. The minimum Gasteiger partial charge on any atom is -0.443 e. The van der Waals surface area contributed by atoms with E-state index in [2.05, 4.69) is 11.9 Å². The van der Waals surface area contributed by atoms with E-state index in [-0.39, 0.29) is 23.4 Å². The largest absolute Gasteiger partial charge is 0.443 e. The molecule has 0 bridgehead atoms. The standard InChI is InChI=1S/C32H37N3O5/c1-5-6-11-22-14-15-23-20-24(16-17-25(23)29(22)37)26-21-35(31(38)40-32(2,3)4)28(34-26)13-10-8-7-9-12-27(36)30-33-18-19-39-30/h7-8,14-22H,5-6,9-13H2,1-4H3/b8-7+. The molecule has 4 rings (SSSR count). The Hall–Kier alpha value is -4.07. The van der Waals surface area contributed by atoms with Crippen LogP contribution in [0.5, 0.6) is 0 Å². The van der Waals surface area contributed by atoms with Crippen molar-refractivity contribution in [1.82, 2.24) is 14.5 Å². The molecule has 210 valence electrons. The van der Waals surface area contributed by atoms with Crippen LogP contribution < -0.4 is 0 Å². The Kier molecular flexibility index (Phi) is 9.30. The molecule has 0 N–H and O–H groups in total. The van der Waals surface area contributed by atoms with Crippen molar-refractivity contribution in [3.05, 3.63) is 77.9 Å². The molecule has 1 aliphatic carbocycles. The Balaban J connectivity index is 1.48. The van der Waals surface area contributed by atoms with E-state index in [0.29, 0.717) is 37.2 Å². The summed E-state index contributed by atoms with van der Waals surface area (Å²) in [5.41, 5.74) is 2.40. The average Bonchev–Trinajstić information content (AvgIpc) is 3.60. The number of allylic oxidation sites excluding steroid dienone is 3. The molecule has 0 fully saturated rings. The van der Waals surface area contributed by atoms with E-state index < -0.39 is 11.7 Å². The minimum atomic E-state index is -0.653. The third-order valence-corrected chi connectivity index (χ3v) is 6.61. The summed E-state index contributed by atoms with van der Waals surface area (Å²) < 4.78 is 12.1. The second-order valence-corrected chi connectivity index (χ2v) is 11.0. The Bertz CT molecular complexity index is 1410. The first-order valence-electron chi connectivity index (χ1n) is 13.9. The highest BCUT2D eigenvalue weighted by atomic mass is 16.6. The fraction of sp³-hybridized carbons (Fsp3) is 0.406. The summed E-state index contributed by atoms with van der Waals surface area (Å²) in [6.07, 6.45) is 16.9. The zero-order valence-corrected chi connectivity index (χ0v) is 23.7. The number of Topliss-reactive ketones (excluding diaryl/α,β-unsaturated/α-hetero) is 2. The molecular formula is C32H37N3O5. The molecule has 1 aromatic carbocycles. The number of oxazole rings is 1. The summed E-state index contributed by atoms with van der Waals surface area (Å²) in [7, 11) is 0. The van der Waals surface area contributed by atoms with Crippen LogP contribution in [0.2, 0.25) is 0 Å². The molecule has 0 amide bonds. The lowest BCUT2D eigenvalue weighted by molar-refractivity contribution is 0.0531. The normalized spacial score (nSPS) is 15.0. The average molecular weight is 544 g/mol. The molecule has 0 spiro atoms. The topological polar surface area (TPSA) is 104 Å². The number of rotatable bonds is 11. The first-order chi connectivity index (χ1) is 19.2. The number of aromatic nitrogens is 3. The van der Waals surface area contributed by atoms with Gasteiger partial charge in [-0.1, -0.05) is 56.2 Å². The van der Waals surface area contributed by atoms with Gasteiger partial charge in [0.2, 0.25) is 5.78 Å². The lowest BCUT2D eigenvalue weighted by Crippen LogP contribution is -2.27. The van der Waals surface area contributed by atoms with Crippen molar-refractivity contribution in [2.75, 3.05) is 0 Å². The van der Waals surface area contributed by atoms with Gasteiger partial charge in [-0.2, -0.15) is 0 Å². The van der Waals surface area contributed by atoms with Gasteiger partial charge in [-0.05, 0) is 51.7 Å². The van der Waals surface area contributed by atoms with E-state index in [9.17, 15) is 14.4 Å². The molecule has 0 aliphatic heterocycles. The van der Waals surface area contributed by atoms with Gasteiger partial charge in [-0.25, -0.2) is 19.3 Å². The summed E-state index contributed by atoms with van der Waals surface area (Å²) in [6.45, 7) is 7.60. The van der Waals surface area contributed by atoms with Crippen molar-refractivity contribution in [3.8, 4) is 11.3 Å². The number of fused-ring (bicyclic) bond motifs is 1. The van der Waals surface area contributed by atoms with Crippen molar-refractivity contribution < 1.29 is 23.5 Å². The number of hydrogen-bond donors (Lipinski definition) is 0. The van der Waals surface area contributed by atoms with E-state index in [1.807, 2.05) is 63.3 Å². The van der Waals surface area contributed by atoms with Crippen LogP contribution in [-0.2, 0) is 11.2 Å².